The number of amides is 3. The van der Waals surface area contributed by atoms with Crippen LogP contribution in [0, 0.1) is 5.82 Å². The molecule has 0 saturated carbocycles. The van der Waals surface area contributed by atoms with E-state index in [-0.39, 0.29) is 18.3 Å². The molecule has 6 nitrogen and oxygen atoms in total. The minimum Gasteiger partial charge on any atom is -0.467 e. The van der Waals surface area contributed by atoms with Crippen LogP contribution in [0.25, 0.3) is 0 Å². The van der Waals surface area contributed by atoms with E-state index >= 15 is 0 Å². The Bertz CT molecular complexity index is 709. The van der Waals surface area contributed by atoms with Crippen molar-refractivity contribution in [2.24, 2.45) is 0 Å². The zero-order valence-corrected chi connectivity index (χ0v) is 15.3. The molecule has 0 fully saturated rings. The summed E-state index contributed by atoms with van der Waals surface area (Å²) >= 11 is 1.52. The summed E-state index contributed by atoms with van der Waals surface area (Å²) < 4.78 is 18.6. The van der Waals surface area contributed by atoms with Crippen molar-refractivity contribution in [1.29, 1.82) is 0 Å². The van der Waals surface area contributed by atoms with Crippen LogP contribution in [0.2, 0.25) is 0 Å². The summed E-state index contributed by atoms with van der Waals surface area (Å²) in [6.07, 6.45) is 1.53. The second kappa shape index (κ2) is 10.5. The summed E-state index contributed by atoms with van der Waals surface area (Å²) in [7, 11) is 0. The van der Waals surface area contributed by atoms with Gasteiger partial charge in [0.2, 0.25) is 5.91 Å². The van der Waals surface area contributed by atoms with Gasteiger partial charge < -0.3 is 20.4 Å². The normalized spacial score (nSPS) is 11.6. The zero-order valence-electron chi connectivity index (χ0n) is 14.5. The van der Waals surface area contributed by atoms with Crippen molar-refractivity contribution < 1.29 is 18.4 Å². The monoisotopic (exact) mass is 379 g/mol. The van der Waals surface area contributed by atoms with Gasteiger partial charge in [0.1, 0.15) is 17.6 Å². The first-order chi connectivity index (χ1) is 12.6. The van der Waals surface area contributed by atoms with E-state index in [1.165, 1.54) is 24.1 Å². The number of urea groups is 1. The van der Waals surface area contributed by atoms with Gasteiger partial charge in [0.05, 0.1) is 12.8 Å². The summed E-state index contributed by atoms with van der Waals surface area (Å²) in [4.78, 5) is 23.7. The molecular formula is C18H22FN3O3S. The number of hydrogen-bond donors (Lipinski definition) is 3. The molecule has 3 N–H and O–H groups in total. The van der Waals surface area contributed by atoms with Crippen molar-refractivity contribution >= 4 is 23.7 Å². The van der Waals surface area contributed by atoms with E-state index in [1.807, 2.05) is 0 Å². The molecule has 0 spiro atoms. The van der Waals surface area contributed by atoms with Crippen LogP contribution in [0.5, 0.6) is 0 Å². The third kappa shape index (κ3) is 6.79. The minimum atomic E-state index is -0.670. The Morgan fingerprint density at radius 3 is 2.73 bits per heavy atom. The van der Waals surface area contributed by atoms with E-state index in [9.17, 15) is 14.0 Å². The Balaban J connectivity index is 1.57. The Morgan fingerprint density at radius 2 is 2.00 bits per heavy atom. The molecule has 0 saturated heterocycles. The molecule has 1 aromatic carbocycles. The molecule has 0 aliphatic heterocycles. The molecule has 1 atom stereocenters. The lowest BCUT2D eigenvalue weighted by atomic mass is 10.2. The molecule has 140 valence electrons. The minimum absolute atomic E-state index is 0.222. The van der Waals surface area contributed by atoms with Crippen LogP contribution < -0.4 is 16.0 Å². The van der Waals surface area contributed by atoms with Crippen molar-refractivity contribution in [3.05, 3.63) is 59.8 Å². The van der Waals surface area contributed by atoms with Crippen molar-refractivity contribution in [2.45, 2.75) is 25.3 Å². The van der Waals surface area contributed by atoms with E-state index in [4.69, 9.17) is 4.42 Å². The van der Waals surface area contributed by atoms with Crippen molar-refractivity contribution in [3.63, 3.8) is 0 Å². The Kier molecular flexibility index (Phi) is 8.01. The number of benzene rings is 1. The molecule has 2 rings (SSSR count). The lowest BCUT2D eigenvalue weighted by Crippen LogP contribution is -2.48. The highest BCUT2D eigenvalue weighted by Gasteiger charge is 2.15. The van der Waals surface area contributed by atoms with Crippen LogP contribution in [0.3, 0.4) is 0 Å². The SMILES string of the molecule is CC(NC(=O)NCCSCc1ccccc1F)C(=O)NCc1ccco1. The summed E-state index contributed by atoms with van der Waals surface area (Å²) in [5, 5.41) is 7.92. The third-order valence-electron chi connectivity index (χ3n) is 3.51. The summed E-state index contributed by atoms with van der Waals surface area (Å²) in [5.41, 5.74) is 0.642. The van der Waals surface area contributed by atoms with E-state index in [0.717, 1.165) is 0 Å². The maximum absolute atomic E-state index is 13.5. The number of hydrogen-bond acceptors (Lipinski definition) is 4. The fourth-order valence-corrected chi connectivity index (χ4v) is 2.93. The summed E-state index contributed by atoms with van der Waals surface area (Å²) in [6.45, 7) is 2.29. The topological polar surface area (TPSA) is 83.4 Å². The van der Waals surface area contributed by atoms with Crippen LogP contribution >= 0.6 is 11.8 Å². The molecule has 3 amide bonds. The van der Waals surface area contributed by atoms with Crippen molar-refractivity contribution in [2.75, 3.05) is 12.3 Å². The summed E-state index contributed by atoms with van der Waals surface area (Å²) in [5.74, 6) is 1.30. The molecule has 1 heterocycles. The first-order valence-corrected chi connectivity index (χ1v) is 9.37. The fraction of sp³-hybridized carbons (Fsp3) is 0.333. The highest BCUT2D eigenvalue weighted by Crippen LogP contribution is 2.14. The third-order valence-corrected chi connectivity index (χ3v) is 4.51. The van der Waals surface area contributed by atoms with Crippen LogP contribution in [0.4, 0.5) is 9.18 Å². The fourth-order valence-electron chi connectivity index (χ4n) is 2.09. The molecular weight excluding hydrogens is 357 g/mol. The maximum atomic E-state index is 13.5. The molecule has 8 heteroatoms. The van der Waals surface area contributed by atoms with Gasteiger partial charge in [0.15, 0.2) is 0 Å². The first kappa shape index (κ1) is 19.8. The molecule has 0 aliphatic rings. The van der Waals surface area contributed by atoms with Gasteiger partial charge in [-0.3, -0.25) is 4.79 Å². The molecule has 1 aromatic heterocycles. The van der Waals surface area contributed by atoms with Gasteiger partial charge in [0, 0.05) is 18.1 Å². The first-order valence-electron chi connectivity index (χ1n) is 8.22. The number of halogens is 1. The standard InChI is InChI=1S/C18H22FN3O3S/c1-13(17(23)21-11-15-6-4-9-25-15)22-18(24)20-8-10-26-12-14-5-2-3-7-16(14)19/h2-7,9,13H,8,10-12H2,1H3,(H,21,23)(H2,20,22,24). The number of carbonyl (C=O) groups excluding carboxylic acids is 2. The Labute approximate surface area is 155 Å². The maximum Gasteiger partial charge on any atom is 0.315 e. The van der Waals surface area contributed by atoms with Gasteiger partial charge in [-0.15, -0.1) is 0 Å². The quantitative estimate of drug-likeness (QED) is 0.585. The number of furan rings is 1. The largest absolute Gasteiger partial charge is 0.467 e. The van der Waals surface area contributed by atoms with Crippen LogP contribution in [0.1, 0.15) is 18.2 Å². The number of rotatable bonds is 9. The lowest BCUT2D eigenvalue weighted by Gasteiger charge is -2.14. The van der Waals surface area contributed by atoms with Gasteiger partial charge in [0.25, 0.3) is 0 Å². The molecule has 1 unspecified atom stereocenters. The van der Waals surface area contributed by atoms with E-state index in [0.29, 0.717) is 29.4 Å². The van der Waals surface area contributed by atoms with Crippen molar-refractivity contribution in [1.82, 2.24) is 16.0 Å². The van der Waals surface area contributed by atoms with E-state index in [2.05, 4.69) is 16.0 Å². The second-order valence-electron chi connectivity index (χ2n) is 5.56. The average Bonchev–Trinajstić information content (AvgIpc) is 3.14. The molecule has 26 heavy (non-hydrogen) atoms. The lowest BCUT2D eigenvalue weighted by molar-refractivity contribution is -0.122. The molecule has 2 aromatic rings. The second-order valence-corrected chi connectivity index (χ2v) is 6.67. The average molecular weight is 379 g/mol. The van der Waals surface area contributed by atoms with Gasteiger partial charge in [-0.05, 0) is 30.7 Å². The van der Waals surface area contributed by atoms with Crippen LogP contribution in [0.15, 0.2) is 47.1 Å². The summed E-state index contributed by atoms with van der Waals surface area (Å²) in [6, 6.07) is 9.02. The molecule has 0 bridgehead atoms. The highest BCUT2D eigenvalue weighted by molar-refractivity contribution is 7.98. The number of thioether (sulfide) groups is 1. The Morgan fingerprint density at radius 1 is 1.19 bits per heavy atom. The van der Waals surface area contributed by atoms with E-state index in [1.54, 1.807) is 37.3 Å². The van der Waals surface area contributed by atoms with Gasteiger partial charge in [-0.2, -0.15) is 11.8 Å². The van der Waals surface area contributed by atoms with Gasteiger partial charge in [-0.1, -0.05) is 18.2 Å². The Hall–Kier alpha value is -2.48. The van der Waals surface area contributed by atoms with Crippen LogP contribution in [-0.2, 0) is 17.1 Å². The van der Waals surface area contributed by atoms with Gasteiger partial charge in [-0.25, -0.2) is 9.18 Å². The zero-order chi connectivity index (χ0) is 18.8. The highest BCUT2D eigenvalue weighted by atomic mass is 32.2. The molecule has 0 radical (unpaired) electrons. The van der Waals surface area contributed by atoms with E-state index < -0.39 is 12.1 Å². The smallest absolute Gasteiger partial charge is 0.315 e. The number of nitrogens with one attached hydrogen (secondary N) is 3. The predicted octanol–water partition coefficient (Wildman–Crippen LogP) is 2.66. The van der Waals surface area contributed by atoms with Crippen molar-refractivity contribution in [3.8, 4) is 0 Å². The van der Waals surface area contributed by atoms with Crippen LogP contribution in [-0.4, -0.2) is 30.3 Å². The predicted molar refractivity (Wildman–Crippen MR) is 99.1 cm³/mol. The number of carbonyl (C=O) groups is 2. The van der Waals surface area contributed by atoms with Gasteiger partial charge >= 0.3 is 6.03 Å². The molecule has 0 aliphatic carbocycles.